The zero-order valence-electron chi connectivity index (χ0n) is 12.6. The number of halogens is 1. The maximum atomic E-state index is 11.7. The fourth-order valence-electron chi connectivity index (χ4n) is 1.80. The van der Waals surface area contributed by atoms with Crippen molar-refractivity contribution in [3.8, 4) is 5.75 Å². The average Bonchev–Trinajstić information content (AvgIpc) is 2.49. The molecule has 4 nitrogen and oxygen atoms in total. The molecule has 0 spiro atoms. The van der Waals surface area contributed by atoms with Crippen LogP contribution in [-0.4, -0.2) is 37.6 Å². The van der Waals surface area contributed by atoms with Crippen LogP contribution in [-0.2, 0) is 11.2 Å². The molecule has 0 radical (unpaired) electrons. The predicted molar refractivity (Wildman–Crippen MR) is 92.5 cm³/mol. The first-order valence-corrected chi connectivity index (χ1v) is 8.22. The van der Waals surface area contributed by atoms with E-state index < -0.39 is 0 Å². The van der Waals surface area contributed by atoms with Crippen LogP contribution in [0.2, 0.25) is 0 Å². The topological polar surface area (TPSA) is 64.3 Å². The number of methoxy groups -OCH3 is 1. The molecule has 0 saturated carbocycles. The van der Waals surface area contributed by atoms with Gasteiger partial charge in [-0.05, 0) is 49.0 Å². The van der Waals surface area contributed by atoms with E-state index in [9.17, 15) is 4.79 Å². The number of benzene rings is 1. The van der Waals surface area contributed by atoms with Crippen LogP contribution in [0.5, 0.6) is 5.75 Å². The van der Waals surface area contributed by atoms with Crippen LogP contribution < -0.4 is 15.8 Å². The summed E-state index contributed by atoms with van der Waals surface area (Å²) in [5, 5.41) is 2.89. The van der Waals surface area contributed by atoms with E-state index in [1.807, 2.05) is 30.5 Å². The number of hydrogen-bond donors (Lipinski definition) is 2. The molecule has 3 N–H and O–H groups in total. The average molecular weight is 333 g/mol. The van der Waals surface area contributed by atoms with E-state index in [1.165, 1.54) is 5.56 Å². The quantitative estimate of drug-likeness (QED) is 0.681. The molecule has 6 heteroatoms. The third-order valence-electron chi connectivity index (χ3n) is 3.07. The number of carbonyl (C=O) groups excluding carboxylic acids is 1. The molecule has 1 atom stereocenters. The van der Waals surface area contributed by atoms with Crippen molar-refractivity contribution in [3.05, 3.63) is 29.8 Å². The van der Waals surface area contributed by atoms with Crippen molar-refractivity contribution in [1.29, 1.82) is 0 Å². The minimum Gasteiger partial charge on any atom is -0.497 e. The van der Waals surface area contributed by atoms with Gasteiger partial charge in [0.25, 0.3) is 0 Å². The number of nitrogens with two attached hydrogens (primary N) is 1. The van der Waals surface area contributed by atoms with Gasteiger partial charge in [0, 0.05) is 6.54 Å². The summed E-state index contributed by atoms with van der Waals surface area (Å²) in [5.41, 5.74) is 7.03. The zero-order chi connectivity index (χ0) is 14.8. The molecule has 0 aromatic heterocycles. The van der Waals surface area contributed by atoms with E-state index in [0.717, 1.165) is 30.8 Å². The van der Waals surface area contributed by atoms with Gasteiger partial charge < -0.3 is 15.8 Å². The van der Waals surface area contributed by atoms with Gasteiger partial charge in [0.15, 0.2) is 0 Å². The Balaban J connectivity index is 0.00000400. The van der Waals surface area contributed by atoms with Crippen molar-refractivity contribution in [2.75, 3.05) is 25.7 Å². The summed E-state index contributed by atoms with van der Waals surface area (Å²) in [7, 11) is 1.66. The van der Waals surface area contributed by atoms with Crippen LogP contribution in [0.15, 0.2) is 24.3 Å². The van der Waals surface area contributed by atoms with Gasteiger partial charge in [0.1, 0.15) is 5.75 Å². The molecule has 120 valence electrons. The number of amides is 1. The number of thioether (sulfide) groups is 1. The Morgan fingerprint density at radius 2 is 2.05 bits per heavy atom. The Kier molecular flexibility index (Phi) is 11.2. The molecular weight excluding hydrogens is 308 g/mol. The van der Waals surface area contributed by atoms with Gasteiger partial charge in [-0.1, -0.05) is 12.1 Å². The summed E-state index contributed by atoms with van der Waals surface area (Å²) < 4.78 is 5.11. The zero-order valence-corrected chi connectivity index (χ0v) is 14.3. The standard InChI is InChI=1S/C15H24N2O2S.ClH/c1-19-13-7-5-12(6-8-13)4-3-10-17-15(18)14(16)9-11-20-2;/h5-8,14H,3-4,9-11,16H2,1-2H3,(H,17,18);1H/t14-;/m0./s1. The van der Waals surface area contributed by atoms with E-state index in [4.69, 9.17) is 10.5 Å². The second kappa shape index (κ2) is 11.7. The molecule has 0 fully saturated rings. The van der Waals surface area contributed by atoms with Crippen molar-refractivity contribution in [3.63, 3.8) is 0 Å². The Hall–Kier alpha value is -0.910. The number of nitrogens with one attached hydrogen (secondary N) is 1. The van der Waals surface area contributed by atoms with Crippen LogP contribution in [0, 0.1) is 0 Å². The fraction of sp³-hybridized carbons (Fsp3) is 0.533. The second-order valence-corrected chi connectivity index (χ2v) is 5.62. The summed E-state index contributed by atoms with van der Waals surface area (Å²) in [6.45, 7) is 0.665. The van der Waals surface area contributed by atoms with Crippen LogP contribution >= 0.6 is 24.2 Å². The summed E-state index contributed by atoms with van der Waals surface area (Å²) >= 11 is 1.71. The van der Waals surface area contributed by atoms with E-state index >= 15 is 0 Å². The van der Waals surface area contributed by atoms with Crippen LogP contribution in [0.3, 0.4) is 0 Å². The molecule has 0 aliphatic rings. The van der Waals surface area contributed by atoms with Gasteiger partial charge in [-0.15, -0.1) is 12.4 Å². The molecule has 1 aromatic carbocycles. The Morgan fingerprint density at radius 1 is 1.38 bits per heavy atom. The summed E-state index contributed by atoms with van der Waals surface area (Å²) in [4.78, 5) is 11.7. The number of hydrogen-bond acceptors (Lipinski definition) is 4. The Bertz CT molecular complexity index is 401. The maximum absolute atomic E-state index is 11.7. The third-order valence-corrected chi connectivity index (χ3v) is 3.71. The van der Waals surface area contributed by atoms with Crippen LogP contribution in [0.4, 0.5) is 0 Å². The largest absolute Gasteiger partial charge is 0.497 e. The van der Waals surface area contributed by atoms with Gasteiger partial charge in [-0.2, -0.15) is 11.8 Å². The molecule has 0 aliphatic heterocycles. The van der Waals surface area contributed by atoms with Crippen LogP contribution in [0.1, 0.15) is 18.4 Å². The Morgan fingerprint density at radius 3 is 2.62 bits per heavy atom. The maximum Gasteiger partial charge on any atom is 0.236 e. The van der Waals surface area contributed by atoms with Gasteiger partial charge >= 0.3 is 0 Å². The first-order valence-electron chi connectivity index (χ1n) is 6.82. The third kappa shape index (κ3) is 8.19. The Labute approximate surface area is 137 Å². The molecule has 1 aromatic rings. The summed E-state index contributed by atoms with van der Waals surface area (Å²) in [6.07, 6.45) is 4.59. The normalized spacial score (nSPS) is 11.4. The van der Waals surface area contributed by atoms with E-state index in [1.54, 1.807) is 18.9 Å². The van der Waals surface area contributed by atoms with Crippen molar-refractivity contribution in [1.82, 2.24) is 5.32 Å². The number of ether oxygens (including phenoxy) is 1. The highest BCUT2D eigenvalue weighted by Gasteiger charge is 2.11. The molecule has 21 heavy (non-hydrogen) atoms. The van der Waals surface area contributed by atoms with Crippen molar-refractivity contribution in [2.45, 2.75) is 25.3 Å². The smallest absolute Gasteiger partial charge is 0.236 e. The first kappa shape index (κ1) is 20.1. The first-order chi connectivity index (χ1) is 9.67. The molecule has 1 amide bonds. The molecule has 0 saturated heterocycles. The monoisotopic (exact) mass is 332 g/mol. The van der Waals surface area contributed by atoms with Crippen molar-refractivity contribution in [2.24, 2.45) is 5.73 Å². The highest BCUT2D eigenvalue weighted by atomic mass is 35.5. The van der Waals surface area contributed by atoms with E-state index in [2.05, 4.69) is 5.32 Å². The minimum absolute atomic E-state index is 0. The number of rotatable bonds is 9. The van der Waals surface area contributed by atoms with Gasteiger partial charge in [-0.3, -0.25) is 4.79 Å². The van der Waals surface area contributed by atoms with Gasteiger partial charge in [-0.25, -0.2) is 0 Å². The lowest BCUT2D eigenvalue weighted by Crippen LogP contribution is -2.41. The number of aryl methyl sites for hydroxylation is 1. The van der Waals surface area contributed by atoms with Gasteiger partial charge in [0.2, 0.25) is 5.91 Å². The van der Waals surface area contributed by atoms with E-state index in [0.29, 0.717) is 6.54 Å². The van der Waals surface area contributed by atoms with Crippen molar-refractivity contribution >= 4 is 30.1 Å². The molecule has 0 bridgehead atoms. The van der Waals surface area contributed by atoms with E-state index in [-0.39, 0.29) is 24.4 Å². The minimum atomic E-state index is -0.386. The summed E-state index contributed by atoms with van der Waals surface area (Å²) in [6, 6.07) is 7.61. The highest BCUT2D eigenvalue weighted by molar-refractivity contribution is 7.98. The molecule has 1 rings (SSSR count). The fourth-order valence-corrected chi connectivity index (χ4v) is 2.29. The predicted octanol–water partition coefficient (Wildman–Crippen LogP) is 2.25. The molecule has 0 aliphatic carbocycles. The van der Waals surface area contributed by atoms with Gasteiger partial charge in [0.05, 0.1) is 13.2 Å². The highest BCUT2D eigenvalue weighted by Crippen LogP contribution is 2.12. The molecule has 0 heterocycles. The lowest BCUT2D eigenvalue weighted by Gasteiger charge is -2.11. The lowest BCUT2D eigenvalue weighted by atomic mass is 10.1. The number of carbonyl (C=O) groups is 1. The summed E-state index contributed by atoms with van der Waals surface area (Å²) in [5.74, 6) is 1.73. The lowest BCUT2D eigenvalue weighted by molar-refractivity contribution is -0.122. The molecular formula is C15H25ClN2O2S. The second-order valence-electron chi connectivity index (χ2n) is 4.63. The SMILES string of the molecule is COc1ccc(CCCNC(=O)[C@@H](N)CCSC)cc1.Cl. The molecule has 0 unspecified atom stereocenters. The van der Waals surface area contributed by atoms with Crippen LogP contribution in [0.25, 0.3) is 0 Å². The van der Waals surface area contributed by atoms with Crippen molar-refractivity contribution < 1.29 is 9.53 Å².